The topological polar surface area (TPSA) is 83.5 Å². The highest BCUT2D eigenvalue weighted by molar-refractivity contribution is 7.10. The first-order valence-corrected chi connectivity index (χ1v) is 11.2. The fourth-order valence-corrected chi connectivity index (χ4v) is 4.47. The molecule has 1 aliphatic heterocycles. The zero-order valence-electron chi connectivity index (χ0n) is 17.7. The third-order valence-electron chi connectivity index (χ3n) is 5.20. The van der Waals surface area contributed by atoms with Gasteiger partial charge in [-0.3, -0.25) is 14.7 Å². The Morgan fingerprint density at radius 1 is 1.13 bits per heavy atom. The first-order valence-electron chi connectivity index (χ1n) is 10.3. The Morgan fingerprint density at radius 3 is 2.68 bits per heavy atom. The van der Waals surface area contributed by atoms with Crippen LogP contribution in [-0.4, -0.2) is 65.8 Å². The summed E-state index contributed by atoms with van der Waals surface area (Å²) in [5.41, 5.74) is 2.59. The van der Waals surface area contributed by atoms with Crippen molar-refractivity contribution in [3.8, 4) is 16.9 Å². The van der Waals surface area contributed by atoms with Crippen molar-refractivity contribution in [3.05, 3.63) is 52.6 Å². The first kappa shape index (κ1) is 21.2. The average Bonchev–Trinajstić information content (AvgIpc) is 3.28. The summed E-state index contributed by atoms with van der Waals surface area (Å²) < 4.78 is 5.57. The molecule has 31 heavy (non-hydrogen) atoms. The van der Waals surface area contributed by atoms with Crippen LogP contribution in [0, 0.1) is 0 Å². The first-order chi connectivity index (χ1) is 15.2. The van der Waals surface area contributed by atoms with E-state index in [1.807, 2.05) is 25.3 Å². The molecular weight excluding hydrogens is 412 g/mol. The number of piperazine rings is 1. The highest BCUT2D eigenvalue weighted by atomic mass is 32.1. The van der Waals surface area contributed by atoms with E-state index in [-0.39, 0.29) is 5.91 Å². The lowest BCUT2D eigenvalue weighted by atomic mass is 10.1. The number of amides is 1. The van der Waals surface area contributed by atoms with Gasteiger partial charge in [0.2, 0.25) is 0 Å². The quantitative estimate of drug-likeness (QED) is 0.607. The van der Waals surface area contributed by atoms with Crippen LogP contribution in [0.1, 0.15) is 22.3 Å². The van der Waals surface area contributed by atoms with E-state index in [1.54, 1.807) is 30.6 Å². The number of anilines is 1. The number of carbonyl (C=O) groups is 1. The van der Waals surface area contributed by atoms with Crippen molar-refractivity contribution in [2.24, 2.45) is 0 Å². The number of hydrogen-bond donors (Lipinski definition) is 1. The summed E-state index contributed by atoms with van der Waals surface area (Å²) in [5.74, 6) is 1.39. The molecule has 1 amide bonds. The summed E-state index contributed by atoms with van der Waals surface area (Å²) >= 11 is 1.78. The molecule has 0 aliphatic carbocycles. The molecule has 9 heteroatoms. The lowest BCUT2D eigenvalue weighted by molar-refractivity contribution is 0.0957. The molecule has 0 saturated carbocycles. The Balaban J connectivity index is 1.32. The van der Waals surface area contributed by atoms with Crippen molar-refractivity contribution in [3.63, 3.8) is 0 Å². The van der Waals surface area contributed by atoms with Crippen molar-refractivity contribution < 1.29 is 9.53 Å². The molecule has 3 aromatic heterocycles. The van der Waals surface area contributed by atoms with Gasteiger partial charge in [-0.05, 0) is 42.1 Å². The van der Waals surface area contributed by atoms with Gasteiger partial charge in [-0.2, -0.15) is 0 Å². The van der Waals surface area contributed by atoms with Crippen LogP contribution in [0.3, 0.4) is 0 Å². The zero-order valence-corrected chi connectivity index (χ0v) is 18.6. The molecule has 0 spiro atoms. The molecule has 8 nitrogen and oxygen atoms in total. The van der Waals surface area contributed by atoms with Crippen LogP contribution in [0.5, 0.6) is 5.75 Å². The molecule has 3 aromatic rings. The van der Waals surface area contributed by atoms with E-state index >= 15 is 0 Å². The lowest BCUT2D eigenvalue weighted by Gasteiger charge is -2.34. The number of ether oxygens (including phenoxy) is 1. The third-order valence-corrected chi connectivity index (χ3v) is 6.12. The second-order valence-electron chi connectivity index (χ2n) is 7.26. The number of thiophene rings is 1. The molecule has 1 saturated heterocycles. The van der Waals surface area contributed by atoms with E-state index in [1.165, 1.54) is 10.4 Å². The Morgan fingerprint density at radius 2 is 1.97 bits per heavy atom. The standard InChI is InChI=1S/C22H26N6O2S/c1-3-30-18-10-16(12-24-13-18)17-11-19(31-15-17)14-27-6-8-28(9-7-27)21-5-4-20(25-26-21)22(29)23-2/h4-5,10-13,15H,3,6-9,14H2,1-2H3,(H,23,29). The van der Waals surface area contributed by atoms with E-state index in [4.69, 9.17) is 4.74 Å². The minimum Gasteiger partial charge on any atom is -0.492 e. The summed E-state index contributed by atoms with van der Waals surface area (Å²) in [6, 6.07) is 7.86. The average molecular weight is 439 g/mol. The number of pyridine rings is 1. The van der Waals surface area contributed by atoms with Crippen LogP contribution >= 0.6 is 11.3 Å². The van der Waals surface area contributed by atoms with E-state index in [0.717, 1.165) is 49.9 Å². The molecule has 0 aromatic carbocycles. The van der Waals surface area contributed by atoms with Gasteiger partial charge in [-0.25, -0.2) is 0 Å². The van der Waals surface area contributed by atoms with Crippen molar-refractivity contribution in [1.29, 1.82) is 0 Å². The van der Waals surface area contributed by atoms with Crippen molar-refractivity contribution in [2.45, 2.75) is 13.5 Å². The second-order valence-corrected chi connectivity index (χ2v) is 8.26. The molecule has 0 unspecified atom stereocenters. The van der Waals surface area contributed by atoms with E-state index in [9.17, 15) is 4.79 Å². The maximum atomic E-state index is 11.6. The molecule has 1 aliphatic rings. The van der Waals surface area contributed by atoms with Crippen molar-refractivity contribution in [2.75, 3.05) is 44.7 Å². The number of aromatic nitrogens is 3. The van der Waals surface area contributed by atoms with E-state index in [0.29, 0.717) is 12.3 Å². The van der Waals surface area contributed by atoms with Gasteiger partial charge in [-0.1, -0.05) is 0 Å². The van der Waals surface area contributed by atoms with Crippen molar-refractivity contribution >= 4 is 23.1 Å². The van der Waals surface area contributed by atoms with Crippen LogP contribution < -0.4 is 15.0 Å². The molecule has 1 N–H and O–H groups in total. The van der Waals surface area contributed by atoms with Crippen LogP contribution in [0.25, 0.3) is 11.1 Å². The predicted octanol–water partition coefficient (Wildman–Crippen LogP) is 2.68. The number of nitrogens with zero attached hydrogens (tertiary/aromatic N) is 5. The minimum atomic E-state index is -0.223. The van der Waals surface area contributed by atoms with Gasteiger partial charge in [0.1, 0.15) is 5.75 Å². The summed E-state index contributed by atoms with van der Waals surface area (Å²) in [6.45, 7) is 7.20. The predicted molar refractivity (Wildman–Crippen MR) is 122 cm³/mol. The zero-order chi connectivity index (χ0) is 21.6. The Hall–Kier alpha value is -3.04. The maximum Gasteiger partial charge on any atom is 0.271 e. The molecule has 0 bridgehead atoms. The SMILES string of the molecule is CCOc1cncc(-c2csc(CN3CCN(c4ccc(C(=O)NC)nn4)CC3)c2)c1. The van der Waals surface area contributed by atoms with E-state index in [2.05, 4.69) is 41.7 Å². The number of rotatable bonds is 7. The maximum absolute atomic E-state index is 11.6. The van der Waals surface area contributed by atoms with Crippen LogP contribution in [0.2, 0.25) is 0 Å². The Bertz CT molecular complexity index is 1010. The highest BCUT2D eigenvalue weighted by Crippen LogP contribution is 2.28. The van der Waals surface area contributed by atoms with Gasteiger partial charge in [0.25, 0.3) is 5.91 Å². The van der Waals surface area contributed by atoms with Gasteiger partial charge >= 0.3 is 0 Å². The molecule has 162 valence electrons. The molecule has 1 fully saturated rings. The normalized spacial score (nSPS) is 14.5. The summed E-state index contributed by atoms with van der Waals surface area (Å²) in [7, 11) is 1.59. The highest BCUT2D eigenvalue weighted by Gasteiger charge is 2.19. The molecule has 4 heterocycles. The van der Waals surface area contributed by atoms with E-state index < -0.39 is 0 Å². The molecular formula is C22H26N6O2S. The lowest BCUT2D eigenvalue weighted by Crippen LogP contribution is -2.46. The molecule has 0 atom stereocenters. The van der Waals surface area contributed by atoms with Crippen LogP contribution in [0.4, 0.5) is 5.82 Å². The molecule has 4 rings (SSSR count). The monoisotopic (exact) mass is 438 g/mol. The summed E-state index contributed by atoms with van der Waals surface area (Å²) in [6.07, 6.45) is 3.62. The number of carbonyl (C=O) groups excluding carboxylic acids is 1. The Labute approximate surface area is 185 Å². The molecule has 0 radical (unpaired) electrons. The third kappa shape index (κ3) is 5.18. The smallest absolute Gasteiger partial charge is 0.271 e. The second kappa shape index (κ2) is 9.84. The van der Waals surface area contributed by atoms with Gasteiger partial charge in [0, 0.05) is 56.4 Å². The van der Waals surface area contributed by atoms with Gasteiger partial charge in [0.15, 0.2) is 11.5 Å². The summed E-state index contributed by atoms with van der Waals surface area (Å²) in [5, 5.41) is 13.0. The largest absolute Gasteiger partial charge is 0.492 e. The van der Waals surface area contributed by atoms with Crippen molar-refractivity contribution in [1.82, 2.24) is 25.4 Å². The minimum absolute atomic E-state index is 0.223. The van der Waals surface area contributed by atoms with Gasteiger partial charge in [-0.15, -0.1) is 21.5 Å². The fourth-order valence-electron chi connectivity index (χ4n) is 3.54. The van der Waals surface area contributed by atoms with Crippen LogP contribution in [-0.2, 0) is 6.54 Å². The van der Waals surface area contributed by atoms with Gasteiger partial charge < -0.3 is 15.0 Å². The number of nitrogens with one attached hydrogen (secondary N) is 1. The summed E-state index contributed by atoms with van der Waals surface area (Å²) in [4.78, 5) is 21.9. The van der Waals surface area contributed by atoms with Gasteiger partial charge in [0.05, 0.1) is 12.8 Å². The number of hydrogen-bond acceptors (Lipinski definition) is 8. The van der Waals surface area contributed by atoms with Crippen LogP contribution in [0.15, 0.2) is 42.0 Å². The Kier molecular flexibility index (Phi) is 6.73. The fraction of sp³-hybridized carbons (Fsp3) is 0.364.